The molecule has 0 bridgehead atoms. The fourth-order valence-corrected chi connectivity index (χ4v) is 6.98. The molecule has 3 aromatic rings. The van der Waals surface area contributed by atoms with E-state index in [0.717, 1.165) is 0 Å². The highest BCUT2D eigenvalue weighted by Gasteiger charge is 2.34. The van der Waals surface area contributed by atoms with E-state index >= 15 is 0 Å². The van der Waals surface area contributed by atoms with Gasteiger partial charge in [0.15, 0.2) is 5.13 Å². The summed E-state index contributed by atoms with van der Waals surface area (Å²) in [4.78, 5) is 18.2. The molecule has 0 saturated carbocycles. The first-order valence-electron chi connectivity index (χ1n) is 13.2. The fourth-order valence-electron chi connectivity index (χ4n) is 4.39. The molecule has 0 unspecified atom stereocenters. The monoisotopic (exact) mass is 638 g/mol. The summed E-state index contributed by atoms with van der Waals surface area (Å²) in [6.45, 7) is 5.70. The summed E-state index contributed by atoms with van der Waals surface area (Å²) in [6, 6.07) is 9.49. The van der Waals surface area contributed by atoms with Gasteiger partial charge < -0.3 is 24.7 Å². The van der Waals surface area contributed by atoms with E-state index in [1.54, 1.807) is 51.5 Å². The van der Waals surface area contributed by atoms with Crippen LogP contribution in [0.4, 0.5) is 9.93 Å². The molecular formula is C28H35ClN4O7S2. The number of anilines is 1. The zero-order valence-corrected chi connectivity index (χ0v) is 26.5. The molecule has 14 heteroatoms. The molecule has 0 aliphatic carbocycles. The summed E-state index contributed by atoms with van der Waals surface area (Å²) in [7, 11) is -1.05. The van der Waals surface area contributed by atoms with Crippen LogP contribution in [0.2, 0.25) is 5.02 Å². The third-order valence-electron chi connectivity index (χ3n) is 6.45. The van der Waals surface area contributed by atoms with Gasteiger partial charge in [0, 0.05) is 42.6 Å². The zero-order valence-electron chi connectivity index (χ0n) is 24.1. The third kappa shape index (κ3) is 7.38. The topological polar surface area (TPSA) is 134 Å². The van der Waals surface area contributed by atoms with Gasteiger partial charge in [-0.15, -0.1) is 11.3 Å². The molecule has 0 radical (unpaired) electrons. The Morgan fingerprint density at radius 2 is 1.93 bits per heavy atom. The number of benzene rings is 2. The number of hydrogen-bond donors (Lipinski definition) is 1. The Balaban J connectivity index is 1.52. The van der Waals surface area contributed by atoms with E-state index in [0.29, 0.717) is 42.2 Å². The number of methoxy groups -OCH3 is 2. The number of piperidine rings is 1. The molecule has 1 aromatic heterocycles. The Bertz CT molecular complexity index is 1500. The predicted molar refractivity (Wildman–Crippen MR) is 161 cm³/mol. The van der Waals surface area contributed by atoms with Crippen molar-refractivity contribution >= 4 is 44.2 Å². The van der Waals surface area contributed by atoms with Crippen LogP contribution in [-0.2, 0) is 21.3 Å². The van der Waals surface area contributed by atoms with Crippen molar-refractivity contribution in [2.75, 3.05) is 25.1 Å². The van der Waals surface area contributed by atoms with Gasteiger partial charge in [0.05, 0.1) is 36.8 Å². The smallest absolute Gasteiger partial charge is 0.411 e. The molecule has 1 aliphatic heterocycles. The van der Waals surface area contributed by atoms with Crippen molar-refractivity contribution in [1.82, 2.24) is 9.88 Å². The van der Waals surface area contributed by atoms with Gasteiger partial charge in [-0.1, -0.05) is 11.6 Å². The number of nitrogens with zero attached hydrogens (tertiary/aromatic N) is 3. The van der Waals surface area contributed by atoms with Gasteiger partial charge >= 0.3 is 6.09 Å². The number of ether oxygens (including phenoxy) is 4. The van der Waals surface area contributed by atoms with E-state index < -0.39 is 27.9 Å². The SMILES string of the molecule is COc1ccc(CN(c2nccs2)S(=O)(=O)c2ccc(O[C@H]3CCN(C(=O)OC(C)(C)C)[C@H](N)C3)c(Cl)c2)c(OC)c1. The van der Waals surface area contributed by atoms with E-state index in [4.69, 9.17) is 36.3 Å². The Morgan fingerprint density at radius 3 is 2.52 bits per heavy atom. The highest BCUT2D eigenvalue weighted by Crippen LogP contribution is 2.35. The van der Waals surface area contributed by atoms with Crippen molar-refractivity contribution < 1.29 is 32.2 Å². The second kappa shape index (κ2) is 12.9. The van der Waals surface area contributed by atoms with E-state index in [-0.39, 0.29) is 27.7 Å². The number of aromatic nitrogens is 1. The molecule has 2 aromatic carbocycles. The molecule has 1 fully saturated rings. The lowest BCUT2D eigenvalue weighted by atomic mass is 10.1. The average molecular weight is 639 g/mol. The van der Waals surface area contributed by atoms with Gasteiger partial charge in [-0.3, -0.25) is 4.90 Å². The van der Waals surface area contributed by atoms with Crippen LogP contribution >= 0.6 is 22.9 Å². The fraction of sp³-hybridized carbons (Fsp3) is 0.429. The summed E-state index contributed by atoms with van der Waals surface area (Å²) < 4.78 is 51.3. The van der Waals surface area contributed by atoms with Crippen LogP contribution in [0.25, 0.3) is 0 Å². The Morgan fingerprint density at radius 1 is 1.17 bits per heavy atom. The quantitative estimate of drug-likeness (QED) is 0.333. The number of likely N-dealkylation sites (tertiary alicyclic amines) is 1. The Labute approximate surface area is 255 Å². The molecule has 1 aliphatic rings. The first-order valence-corrected chi connectivity index (χ1v) is 15.9. The van der Waals surface area contributed by atoms with Gasteiger partial charge in [0.2, 0.25) is 0 Å². The van der Waals surface area contributed by atoms with Crippen LogP contribution in [-0.4, -0.2) is 63.0 Å². The summed E-state index contributed by atoms with van der Waals surface area (Å²) in [5.74, 6) is 1.37. The maximum atomic E-state index is 13.9. The van der Waals surface area contributed by atoms with E-state index in [9.17, 15) is 13.2 Å². The van der Waals surface area contributed by atoms with E-state index in [1.165, 1.54) is 52.0 Å². The van der Waals surface area contributed by atoms with Crippen LogP contribution < -0.4 is 24.2 Å². The molecule has 4 rings (SSSR count). The second-order valence-electron chi connectivity index (χ2n) is 10.6. The largest absolute Gasteiger partial charge is 0.497 e. The van der Waals surface area contributed by atoms with Gasteiger partial charge in [-0.25, -0.2) is 22.5 Å². The lowest BCUT2D eigenvalue weighted by Crippen LogP contribution is -2.54. The second-order valence-corrected chi connectivity index (χ2v) is 13.7. The number of thiazole rings is 1. The van der Waals surface area contributed by atoms with E-state index in [2.05, 4.69) is 4.98 Å². The van der Waals surface area contributed by atoms with Gasteiger partial charge in [0.1, 0.15) is 29.0 Å². The molecule has 1 saturated heterocycles. The average Bonchev–Trinajstić information content (AvgIpc) is 3.46. The van der Waals surface area contributed by atoms with Crippen molar-refractivity contribution in [2.24, 2.45) is 5.73 Å². The van der Waals surface area contributed by atoms with Crippen LogP contribution in [0.15, 0.2) is 52.9 Å². The number of carbonyl (C=O) groups is 1. The summed E-state index contributed by atoms with van der Waals surface area (Å²) in [6.07, 6.45) is 1.00. The number of nitrogens with two attached hydrogens (primary N) is 1. The Hall–Kier alpha value is -3.26. The summed E-state index contributed by atoms with van der Waals surface area (Å²) in [5.41, 5.74) is 6.24. The first kappa shape index (κ1) is 31.7. The van der Waals surface area contributed by atoms with Crippen LogP contribution in [0.3, 0.4) is 0 Å². The van der Waals surface area contributed by atoms with E-state index in [1.807, 2.05) is 0 Å². The maximum absolute atomic E-state index is 13.9. The summed E-state index contributed by atoms with van der Waals surface area (Å²) >= 11 is 7.74. The number of halogens is 1. The molecule has 2 N–H and O–H groups in total. The lowest BCUT2D eigenvalue weighted by molar-refractivity contribution is -0.00297. The van der Waals surface area contributed by atoms with Crippen molar-refractivity contribution in [3.05, 3.63) is 58.6 Å². The minimum absolute atomic E-state index is 0.0287. The van der Waals surface area contributed by atoms with Gasteiger partial charge in [-0.05, 0) is 51.1 Å². The van der Waals surface area contributed by atoms with Crippen molar-refractivity contribution in [3.63, 3.8) is 0 Å². The number of carbonyl (C=O) groups excluding carboxylic acids is 1. The molecule has 0 spiro atoms. The van der Waals surface area contributed by atoms with Crippen LogP contribution in [0.1, 0.15) is 39.2 Å². The number of amides is 1. The maximum Gasteiger partial charge on any atom is 0.411 e. The predicted octanol–water partition coefficient (Wildman–Crippen LogP) is 5.27. The molecule has 2 atom stereocenters. The standard InChI is InChI=1S/C28H35ClN4O7S2/c1-28(2,3)40-27(34)32-12-10-20(15-25(32)30)39-23-9-8-21(16-22(23)29)42(35,36)33(26-31-11-13-41-26)17-18-6-7-19(37-4)14-24(18)38-5/h6-9,11,13-14,16,20,25H,10,12,15,17,30H2,1-5H3/t20-,25-/m0/s1. The zero-order chi connectivity index (χ0) is 30.7. The molecule has 228 valence electrons. The lowest BCUT2D eigenvalue weighted by Gasteiger charge is -2.38. The number of sulfonamides is 1. The van der Waals surface area contributed by atoms with Crippen LogP contribution in [0, 0.1) is 0 Å². The highest BCUT2D eigenvalue weighted by molar-refractivity contribution is 7.93. The van der Waals surface area contributed by atoms with Crippen molar-refractivity contribution in [1.29, 1.82) is 0 Å². The van der Waals surface area contributed by atoms with Gasteiger partial charge in [0.25, 0.3) is 10.0 Å². The van der Waals surface area contributed by atoms with Crippen molar-refractivity contribution in [3.8, 4) is 17.2 Å². The molecule has 1 amide bonds. The van der Waals surface area contributed by atoms with Gasteiger partial charge in [-0.2, -0.15) is 0 Å². The highest BCUT2D eigenvalue weighted by atomic mass is 35.5. The third-order valence-corrected chi connectivity index (χ3v) is 9.39. The molecular weight excluding hydrogens is 604 g/mol. The molecule has 11 nitrogen and oxygen atoms in total. The first-order chi connectivity index (χ1) is 19.8. The normalized spacial score (nSPS) is 17.5. The Kier molecular flexibility index (Phi) is 9.76. The molecule has 2 heterocycles. The minimum atomic E-state index is -4.10. The minimum Gasteiger partial charge on any atom is -0.497 e. The van der Waals surface area contributed by atoms with Crippen LogP contribution in [0.5, 0.6) is 17.2 Å². The molecule has 42 heavy (non-hydrogen) atoms. The number of hydrogen-bond acceptors (Lipinski definition) is 10. The van der Waals surface area contributed by atoms with Crippen molar-refractivity contribution in [2.45, 2.75) is 62.9 Å². The summed E-state index contributed by atoms with van der Waals surface area (Å²) in [5, 5.41) is 2.11. The number of rotatable bonds is 9.